The van der Waals surface area contributed by atoms with E-state index >= 15 is 0 Å². The van der Waals surface area contributed by atoms with Crippen LogP contribution < -0.4 is 0 Å². The van der Waals surface area contributed by atoms with Gasteiger partial charge in [-0.2, -0.15) is 5.26 Å². The number of hydrogen-bond acceptors (Lipinski definition) is 1. The molecule has 1 aliphatic heterocycles. The Hall–Kier alpha value is -4.61. The summed E-state index contributed by atoms with van der Waals surface area (Å²) >= 11 is 0. The number of hydrogen-bond donors (Lipinski definition) is 0. The van der Waals surface area contributed by atoms with Gasteiger partial charge in [-0.25, -0.2) is 0 Å². The van der Waals surface area contributed by atoms with Gasteiger partial charge in [-0.15, -0.1) is 0 Å². The first-order valence-electron chi connectivity index (χ1n) is 11.6. The van der Waals surface area contributed by atoms with Crippen molar-refractivity contribution in [3.8, 4) is 22.9 Å². The van der Waals surface area contributed by atoms with Crippen molar-refractivity contribution < 1.29 is 0 Å². The lowest BCUT2D eigenvalue weighted by atomic mass is 9.65. The molecule has 2 aliphatic rings. The molecule has 156 valence electrons. The fourth-order valence-corrected chi connectivity index (χ4v) is 6.63. The van der Waals surface area contributed by atoms with Crippen molar-refractivity contribution in [2.45, 2.75) is 5.41 Å². The van der Waals surface area contributed by atoms with Gasteiger partial charge in [0.25, 0.3) is 0 Å². The minimum absolute atomic E-state index is 0.473. The maximum absolute atomic E-state index is 9.82. The lowest BCUT2D eigenvalue weighted by Gasteiger charge is -2.39. The van der Waals surface area contributed by atoms with Gasteiger partial charge in [0, 0.05) is 10.8 Å². The molecule has 2 heteroatoms. The second-order valence-electron chi connectivity index (χ2n) is 9.24. The number of nitriles is 1. The van der Waals surface area contributed by atoms with Crippen molar-refractivity contribution in [1.82, 2.24) is 4.57 Å². The normalized spacial score (nSPS) is 16.9. The molecular weight excluding hydrogens is 412 g/mol. The second kappa shape index (κ2) is 6.04. The molecule has 0 fully saturated rings. The summed E-state index contributed by atoms with van der Waals surface area (Å²) < 4.78 is 2.44. The Kier molecular flexibility index (Phi) is 3.18. The summed E-state index contributed by atoms with van der Waals surface area (Å²) in [5.74, 6) is 0. The number of aromatic nitrogens is 1. The molecule has 1 atom stereocenters. The molecule has 6 aromatic rings. The van der Waals surface area contributed by atoms with E-state index in [9.17, 15) is 5.26 Å². The molecule has 2 heterocycles. The number of rotatable bonds is 0. The molecule has 0 saturated heterocycles. The van der Waals surface area contributed by atoms with Crippen LogP contribution in [0.5, 0.6) is 0 Å². The molecule has 0 N–H and O–H groups in total. The van der Waals surface area contributed by atoms with Crippen LogP contribution in [-0.2, 0) is 5.41 Å². The zero-order valence-corrected chi connectivity index (χ0v) is 18.3. The van der Waals surface area contributed by atoms with Crippen molar-refractivity contribution in [2.24, 2.45) is 0 Å². The fourth-order valence-electron chi connectivity index (χ4n) is 6.63. The molecule has 5 aromatic carbocycles. The van der Waals surface area contributed by atoms with Gasteiger partial charge in [0.1, 0.15) is 0 Å². The molecule has 1 aromatic heterocycles. The lowest BCUT2D eigenvalue weighted by molar-refractivity contribution is 0.748. The SMILES string of the molecule is N#Cc1ccc2c(c1)C1(c3ccccc3-2)c2ccccc2-n2c3ccccc3c3cccc1c32. The number of nitrogens with zero attached hydrogens (tertiary/aromatic N) is 2. The highest BCUT2D eigenvalue weighted by Crippen LogP contribution is 2.60. The molecule has 1 unspecified atom stereocenters. The van der Waals surface area contributed by atoms with E-state index < -0.39 is 5.41 Å². The summed E-state index contributed by atoms with van der Waals surface area (Å²) in [6, 6.07) is 41.6. The Morgan fingerprint density at radius 2 is 1.29 bits per heavy atom. The second-order valence-corrected chi connectivity index (χ2v) is 9.24. The first-order valence-corrected chi connectivity index (χ1v) is 11.6. The summed E-state index contributed by atoms with van der Waals surface area (Å²) in [5.41, 5.74) is 11.4. The van der Waals surface area contributed by atoms with Crippen LogP contribution in [0.3, 0.4) is 0 Å². The summed E-state index contributed by atoms with van der Waals surface area (Å²) in [4.78, 5) is 0. The third-order valence-electron chi connectivity index (χ3n) is 7.82. The molecule has 8 rings (SSSR count). The van der Waals surface area contributed by atoms with E-state index in [0.29, 0.717) is 5.56 Å². The molecule has 0 bridgehead atoms. The third kappa shape index (κ3) is 1.86. The Balaban J connectivity index is 1.69. The van der Waals surface area contributed by atoms with E-state index in [-0.39, 0.29) is 0 Å². The maximum atomic E-state index is 9.82. The lowest BCUT2D eigenvalue weighted by Crippen LogP contribution is -2.33. The van der Waals surface area contributed by atoms with Crippen LogP contribution in [0.15, 0.2) is 109 Å². The first-order chi connectivity index (χ1) is 16.8. The maximum Gasteiger partial charge on any atom is 0.0991 e. The van der Waals surface area contributed by atoms with Crippen LogP contribution in [-0.4, -0.2) is 4.57 Å². The Morgan fingerprint density at radius 1 is 0.588 bits per heavy atom. The van der Waals surface area contributed by atoms with Crippen LogP contribution >= 0.6 is 0 Å². The van der Waals surface area contributed by atoms with Gasteiger partial charge in [-0.05, 0) is 57.6 Å². The first kappa shape index (κ1) is 17.9. The van der Waals surface area contributed by atoms with Crippen LogP contribution in [0.1, 0.15) is 27.8 Å². The molecule has 34 heavy (non-hydrogen) atoms. The van der Waals surface area contributed by atoms with Crippen LogP contribution in [0.25, 0.3) is 38.6 Å². The fraction of sp³-hybridized carbons (Fsp3) is 0.0312. The van der Waals surface area contributed by atoms with Gasteiger partial charge in [0.15, 0.2) is 0 Å². The highest BCUT2D eigenvalue weighted by molar-refractivity contribution is 6.12. The van der Waals surface area contributed by atoms with Gasteiger partial charge in [-0.3, -0.25) is 0 Å². The topological polar surface area (TPSA) is 28.7 Å². The molecule has 2 nitrogen and oxygen atoms in total. The van der Waals surface area contributed by atoms with Crippen molar-refractivity contribution in [3.63, 3.8) is 0 Å². The molecule has 1 aliphatic carbocycles. The Bertz CT molecular complexity index is 1880. The summed E-state index contributed by atoms with van der Waals surface area (Å²) in [6.45, 7) is 0. The van der Waals surface area contributed by atoms with E-state index in [1.54, 1.807) is 0 Å². The third-order valence-corrected chi connectivity index (χ3v) is 7.82. The predicted molar refractivity (Wildman–Crippen MR) is 136 cm³/mol. The average Bonchev–Trinajstić information content (AvgIpc) is 3.39. The number of para-hydroxylation sites is 3. The largest absolute Gasteiger partial charge is 0.309 e. The summed E-state index contributed by atoms with van der Waals surface area (Å²) in [7, 11) is 0. The van der Waals surface area contributed by atoms with Gasteiger partial charge >= 0.3 is 0 Å². The van der Waals surface area contributed by atoms with E-state index in [1.165, 1.54) is 60.9 Å². The summed E-state index contributed by atoms with van der Waals surface area (Å²) in [5, 5.41) is 12.4. The van der Waals surface area contributed by atoms with Gasteiger partial charge in [0.2, 0.25) is 0 Å². The standard InChI is InChI=1S/C32H18N2/c33-19-20-16-17-22-21-8-1-3-11-25(21)32(28(22)18-20)26-12-4-6-15-30(26)34-29-14-5-2-9-23(29)24-10-7-13-27(32)31(24)34/h1-18H. The minimum atomic E-state index is -0.473. The summed E-state index contributed by atoms with van der Waals surface area (Å²) in [6.07, 6.45) is 0. The van der Waals surface area contributed by atoms with Gasteiger partial charge in [-0.1, -0.05) is 84.9 Å². The zero-order valence-electron chi connectivity index (χ0n) is 18.3. The van der Waals surface area contributed by atoms with Crippen molar-refractivity contribution >= 4 is 21.8 Å². The zero-order chi connectivity index (χ0) is 22.4. The van der Waals surface area contributed by atoms with Gasteiger partial charge in [0.05, 0.1) is 33.8 Å². The molecule has 1 spiro atoms. The van der Waals surface area contributed by atoms with Crippen molar-refractivity contribution in [1.29, 1.82) is 5.26 Å². The Labute approximate surface area is 196 Å². The number of fused-ring (bicyclic) bond motifs is 12. The molecule has 0 radical (unpaired) electrons. The van der Waals surface area contributed by atoms with Gasteiger partial charge < -0.3 is 4.57 Å². The van der Waals surface area contributed by atoms with Crippen molar-refractivity contribution in [2.75, 3.05) is 0 Å². The van der Waals surface area contributed by atoms with Crippen molar-refractivity contribution in [3.05, 3.63) is 137 Å². The monoisotopic (exact) mass is 430 g/mol. The molecule has 0 amide bonds. The Morgan fingerprint density at radius 3 is 2.21 bits per heavy atom. The molecule has 0 saturated carbocycles. The minimum Gasteiger partial charge on any atom is -0.309 e. The molecular formula is C32H18N2. The highest BCUT2D eigenvalue weighted by Gasteiger charge is 2.50. The number of benzene rings is 5. The van der Waals surface area contributed by atoms with E-state index in [0.717, 1.165) is 0 Å². The van der Waals surface area contributed by atoms with E-state index in [1.807, 2.05) is 6.07 Å². The quantitative estimate of drug-likeness (QED) is 0.248. The van der Waals surface area contributed by atoms with Crippen LogP contribution in [0.2, 0.25) is 0 Å². The highest BCUT2D eigenvalue weighted by atomic mass is 15.0. The predicted octanol–water partition coefficient (Wildman–Crippen LogP) is 7.33. The van der Waals surface area contributed by atoms with Crippen LogP contribution in [0.4, 0.5) is 0 Å². The van der Waals surface area contributed by atoms with Crippen LogP contribution in [0, 0.1) is 11.3 Å². The average molecular weight is 431 g/mol. The van der Waals surface area contributed by atoms with E-state index in [2.05, 4.69) is 114 Å². The van der Waals surface area contributed by atoms with E-state index in [4.69, 9.17) is 0 Å². The smallest absolute Gasteiger partial charge is 0.0991 e.